The zero-order valence-electron chi connectivity index (χ0n) is 19.5. The van der Waals surface area contributed by atoms with Crippen LogP contribution in [-0.2, 0) is 36.8 Å². The number of aromatic nitrogens is 2. The summed E-state index contributed by atoms with van der Waals surface area (Å²) in [4.78, 5) is 67.0. The third kappa shape index (κ3) is 9.23. The van der Waals surface area contributed by atoms with Gasteiger partial charge in [0, 0.05) is 18.3 Å². The molecule has 15 nitrogen and oxygen atoms in total. The lowest BCUT2D eigenvalue weighted by atomic mass is 10.1. The number of carbonyl (C=O) groups is 5. The van der Waals surface area contributed by atoms with Crippen LogP contribution in [0.4, 0.5) is 0 Å². The molecule has 1 aromatic carbocycles. The van der Waals surface area contributed by atoms with Gasteiger partial charge in [0.1, 0.15) is 23.9 Å². The number of nitrogens with two attached hydrogens (primary N) is 1. The van der Waals surface area contributed by atoms with Crippen LogP contribution in [0.2, 0.25) is 0 Å². The van der Waals surface area contributed by atoms with E-state index >= 15 is 0 Å². The normalized spacial score (nSPS) is 14.0. The maximum atomic E-state index is 12.7. The fourth-order valence-electron chi connectivity index (χ4n) is 3.20. The lowest BCUT2D eigenvalue weighted by molar-refractivity contribution is -0.143. The Morgan fingerprint density at radius 1 is 0.892 bits per heavy atom. The number of aromatic hydroxyl groups is 1. The van der Waals surface area contributed by atoms with Crippen molar-refractivity contribution < 1.29 is 44.4 Å². The van der Waals surface area contributed by atoms with Crippen LogP contribution in [0.15, 0.2) is 36.8 Å². The highest BCUT2D eigenvalue weighted by Crippen LogP contribution is 2.11. The fourth-order valence-corrected chi connectivity index (χ4v) is 3.20. The van der Waals surface area contributed by atoms with Crippen molar-refractivity contribution in [2.24, 2.45) is 5.73 Å². The second kappa shape index (κ2) is 13.6. The first kappa shape index (κ1) is 28.7. The molecule has 1 heterocycles. The molecule has 37 heavy (non-hydrogen) atoms. The van der Waals surface area contributed by atoms with Gasteiger partial charge in [0.05, 0.1) is 25.4 Å². The molecule has 0 saturated carbocycles. The van der Waals surface area contributed by atoms with Gasteiger partial charge in [-0.25, -0.2) is 9.78 Å². The van der Waals surface area contributed by atoms with Crippen molar-refractivity contribution in [3.8, 4) is 5.75 Å². The molecular formula is C22H28N6O9. The number of nitrogens with one attached hydrogen (secondary N) is 4. The standard InChI is InChI=1S/C22H28N6O9/c23-14(5-11-1-3-13(30)4-2-11)19(33)28-17(9-29)21(35)26-15(7-18(31)32)20(34)27-16(22(36)37)6-12-8-24-10-25-12/h1-4,8,10,14-17,29-30H,5-7,9,23H2,(H,24,25)(H,26,35)(H,27,34)(H,28,33)(H,31,32)(H,36,37). The Morgan fingerprint density at radius 2 is 1.49 bits per heavy atom. The summed E-state index contributed by atoms with van der Waals surface area (Å²) in [7, 11) is 0. The van der Waals surface area contributed by atoms with E-state index in [9.17, 15) is 39.3 Å². The first-order valence-electron chi connectivity index (χ1n) is 11.0. The topological polar surface area (TPSA) is 257 Å². The van der Waals surface area contributed by atoms with E-state index in [1.165, 1.54) is 24.7 Å². The van der Waals surface area contributed by atoms with Crippen LogP contribution in [-0.4, -0.2) is 90.8 Å². The Morgan fingerprint density at radius 3 is 2.03 bits per heavy atom. The zero-order valence-corrected chi connectivity index (χ0v) is 19.5. The number of imidazole rings is 1. The SMILES string of the molecule is NC(Cc1ccc(O)cc1)C(=O)NC(CO)C(=O)NC(CC(=O)O)C(=O)NC(Cc1cnc[nH]1)C(=O)O. The second-order valence-electron chi connectivity index (χ2n) is 8.06. The predicted molar refractivity (Wildman–Crippen MR) is 125 cm³/mol. The zero-order chi connectivity index (χ0) is 27.5. The summed E-state index contributed by atoms with van der Waals surface area (Å²) < 4.78 is 0. The van der Waals surface area contributed by atoms with E-state index < -0.39 is 66.9 Å². The average molecular weight is 520 g/mol. The molecule has 0 aliphatic heterocycles. The molecule has 1 aromatic heterocycles. The van der Waals surface area contributed by atoms with Gasteiger partial charge in [-0.3, -0.25) is 19.2 Å². The van der Waals surface area contributed by atoms with Gasteiger partial charge >= 0.3 is 11.9 Å². The van der Waals surface area contributed by atoms with E-state index in [4.69, 9.17) is 10.8 Å². The molecule has 200 valence electrons. The number of carboxylic acid groups (broad SMARTS) is 2. The van der Waals surface area contributed by atoms with Crippen molar-refractivity contribution in [1.29, 1.82) is 0 Å². The Labute approximate surface area is 210 Å². The van der Waals surface area contributed by atoms with Gasteiger partial charge < -0.3 is 47.1 Å². The summed E-state index contributed by atoms with van der Waals surface area (Å²) in [5.41, 5.74) is 6.86. The number of amides is 3. The molecule has 2 rings (SSSR count). The highest BCUT2D eigenvalue weighted by atomic mass is 16.4. The summed E-state index contributed by atoms with van der Waals surface area (Å²) in [5, 5.41) is 44.0. The third-order valence-electron chi connectivity index (χ3n) is 5.15. The minimum absolute atomic E-state index is 0.0229. The third-order valence-corrected chi connectivity index (χ3v) is 5.15. The van der Waals surface area contributed by atoms with Crippen molar-refractivity contribution in [3.63, 3.8) is 0 Å². The van der Waals surface area contributed by atoms with E-state index in [2.05, 4.69) is 25.9 Å². The summed E-state index contributed by atoms with van der Waals surface area (Å²) in [6, 6.07) is 0.00146. The van der Waals surface area contributed by atoms with Crippen molar-refractivity contribution in [2.75, 3.05) is 6.61 Å². The number of aromatic amines is 1. The van der Waals surface area contributed by atoms with Crippen molar-refractivity contribution in [3.05, 3.63) is 48.0 Å². The van der Waals surface area contributed by atoms with Gasteiger partial charge in [-0.05, 0) is 24.1 Å². The van der Waals surface area contributed by atoms with Crippen molar-refractivity contribution in [2.45, 2.75) is 43.4 Å². The minimum Gasteiger partial charge on any atom is -0.508 e. The van der Waals surface area contributed by atoms with Gasteiger partial charge in [-0.15, -0.1) is 0 Å². The van der Waals surface area contributed by atoms with E-state index in [0.717, 1.165) is 0 Å². The number of hydrogen-bond donors (Lipinski definition) is 9. The van der Waals surface area contributed by atoms with Crippen LogP contribution >= 0.6 is 0 Å². The van der Waals surface area contributed by atoms with Gasteiger partial charge in [-0.2, -0.15) is 0 Å². The van der Waals surface area contributed by atoms with Crippen molar-refractivity contribution in [1.82, 2.24) is 25.9 Å². The lowest BCUT2D eigenvalue weighted by Gasteiger charge is -2.23. The number of carbonyl (C=O) groups excluding carboxylic acids is 3. The van der Waals surface area contributed by atoms with Gasteiger partial charge in [-0.1, -0.05) is 12.1 Å². The number of aliphatic carboxylic acids is 2. The summed E-state index contributed by atoms with van der Waals surface area (Å²) in [5.74, 6) is -5.86. The van der Waals surface area contributed by atoms with Crippen LogP contribution in [0.3, 0.4) is 0 Å². The molecule has 0 aliphatic rings. The van der Waals surface area contributed by atoms with E-state index in [1.807, 2.05) is 0 Å². The molecule has 0 radical (unpaired) electrons. The number of phenolic OH excluding ortho intramolecular Hbond substituents is 1. The van der Waals surface area contributed by atoms with E-state index in [0.29, 0.717) is 11.3 Å². The first-order chi connectivity index (χ1) is 17.5. The molecule has 10 N–H and O–H groups in total. The summed E-state index contributed by atoms with van der Waals surface area (Å²) >= 11 is 0. The molecule has 4 atom stereocenters. The molecule has 0 aliphatic carbocycles. The van der Waals surface area contributed by atoms with E-state index in [1.54, 1.807) is 12.1 Å². The van der Waals surface area contributed by atoms with Crippen LogP contribution in [0.25, 0.3) is 0 Å². The quantitative estimate of drug-likeness (QED) is 0.123. The Hall–Kier alpha value is -4.50. The number of H-pyrrole nitrogens is 1. The molecule has 4 unspecified atom stereocenters. The molecule has 0 bridgehead atoms. The highest BCUT2D eigenvalue weighted by Gasteiger charge is 2.31. The van der Waals surface area contributed by atoms with Crippen LogP contribution in [0.1, 0.15) is 17.7 Å². The number of carboxylic acids is 2. The molecule has 0 saturated heterocycles. The monoisotopic (exact) mass is 520 g/mol. The minimum atomic E-state index is -1.72. The fraction of sp³-hybridized carbons (Fsp3) is 0.364. The van der Waals surface area contributed by atoms with Crippen molar-refractivity contribution >= 4 is 29.7 Å². The molecular weight excluding hydrogens is 492 g/mol. The van der Waals surface area contributed by atoms with E-state index in [-0.39, 0.29) is 18.6 Å². The first-order valence-corrected chi connectivity index (χ1v) is 11.0. The number of aliphatic hydroxyl groups excluding tert-OH is 1. The lowest BCUT2D eigenvalue weighted by Crippen LogP contribution is -2.58. The van der Waals surface area contributed by atoms with Crippen LogP contribution in [0.5, 0.6) is 5.75 Å². The maximum absolute atomic E-state index is 12.7. The number of benzene rings is 1. The largest absolute Gasteiger partial charge is 0.508 e. The highest BCUT2D eigenvalue weighted by molar-refractivity contribution is 5.95. The summed E-state index contributed by atoms with van der Waals surface area (Å²) in [6.45, 7) is -0.900. The van der Waals surface area contributed by atoms with Gasteiger partial charge in [0.25, 0.3) is 0 Å². The van der Waals surface area contributed by atoms with Gasteiger partial charge in [0.15, 0.2) is 0 Å². The number of aliphatic hydroxyl groups is 1. The Bertz CT molecular complexity index is 1090. The molecule has 3 amide bonds. The molecule has 0 fully saturated rings. The molecule has 15 heteroatoms. The number of phenols is 1. The second-order valence-corrected chi connectivity index (χ2v) is 8.06. The molecule has 0 spiro atoms. The number of rotatable bonds is 14. The number of nitrogens with zero attached hydrogens (tertiary/aromatic N) is 1. The average Bonchev–Trinajstić information content (AvgIpc) is 3.35. The maximum Gasteiger partial charge on any atom is 0.326 e. The van der Waals surface area contributed by atoms with Crippen LogP contribution in [0, 0.1) is 0 Å². The predicted octanol–water partition coefficient (Wildman–Crippen LogP) is -2.77. The number of hydrogen-bond acceptors (Lipinski definition) is 9. The van der Waals surface area contributed by atoms with Crippen LogP contribution < -0.4 is 21.7 Å². The Kier molecular flexibility index (Phi) is 10.5. The molecule has 2 aromatic rings. The Balaban J connectivity index is 2.03. The van der Waals surface area contributed by atoms with Gasteiger partial charge in [0.2, 0.25) is 17.7 Å². The smallest absolute Gasteiger partial charge is 0.326 e. The summed E-state index contributed by atoms with van der Waals surface area (Å²) in [6.07, 6.45) is 1.61.